The van der Waals surface area contributed by atoms with Crippen LogP contribution in [0.4, 0.5) is 5.69 Å². The summed E-state index contributed by atoms with van der Waals surface area (Å²) in [5.41, 5.74) is 3.28. The summed E-state index contributed by atoms with van der Waals surface area (Å²) < 4.78 is 5.80. The highest BCUT2D eigenvalue weighted by atomic mass is 32.1. The van der Waals surface area contributed by atoms with Crippen molar-refractivity contribution in [3.63, 3.8) is 0 Å². The molecule has 7 heteroatoms. The van der Waals surface area contributed by atoms with Crippen LogP contribution in [-0.4, -0.2) is 13.9 Å². The van der Waals surface area contributed by atoms with Crippen molar-refractivity contribution >= 4 is 28.4 Å². The van der Waals surface area contributed by atoms with Gasteiger partial charge < -0.3 is 4.57 Å². The molecule has 0 fully saturated rings. The Kier molecular flexibility index (Phi) is 5.69. The van der Waals surface area contributed by atoms with Gasteiger partial charge in [0.2, 0.25) is 0 Å². The summed E-state index contributed by atoms with van der Waals surface area (Å²) in [4.78, 5) is 20.2. The van der Waals surface area contributed by atoms with Gasteiger partial charge in [-0.1, -0.05) is 37.6 Å². The minimum atomic E-state index is -0.0932. The van der Waals surface area contributed by atoms with Crippen LogP contribution < -0.4 is 10.4 Å². The molecule has 4 rings (SSSR count). The van der Waals surface area contributed by atoms with Gasteiger partial charge in [0.15, 0.2) is 10.5 Å². The average molecular weight is 425 g/mol. The number of benzene rings is 1. The number of para-hydroxylation sites is 1. The molecule has 1 aromatic carbocycles. The molecule has 0 aliphatic heterocycles. The molecule has 0 bridgehead atoms. The summed E-state index contributed by atoms with van der Waals surface area (Å²) in [5, 5.41) is 4.24. The van der Waals surface area contributed by atoms with Crippen molar-refractivity contribution in [1.29, 1.82) is 0 Å². The molecule has 0 saturated heterocycles. The third-order valence-electron chi connectivity index (χ3n) is 5.04. The Morgan fingerprint density at radius 3 is 2.55 bits per heavy atom. The lowest BCUT2D eigenvalue weighted by atomic mass is 10.3. The first-order valence-corrected chi connectivity index (χ1v) is 11.5. The van der Waals surface area contributed by atoms with Crippen molar-refractivity contribution in [2.75, 3.05) is 0 Å². The number of aromatic nitrogens is 3. The van der Waals surface area contributed by atoms with E-state index in [0.29, 0.717) is 5.69 Å². The monoisotopic (exact) mass is 424 g/mol. The maximum atomic E-state index is 13.2. The van der Waals surface area contributed by atoms with Crippen LogP contribution in [0.5, 0.6) is 0 Å². The fraction of sp³-hybridized carbons (Fsp3) is 0.273. The number of thiazole rings is 1. The van der Waals surface area contributed by atoms with E-state index < -0.39 is 0 Å². The van der Waals surface area contributed by atoms with E-state index in [1.54, 1.807) is 27.4 Å². The van der Waals surface area contributed by atoms with Crippen molar-refractivity contribution in [3.8, 4) is 16.3 Å². The fourth-order valence-corrected chi connectivity index (χ4v) is 5.11. The van der Waals surface area contributed by atoms with Gasteiger partial charge in [0.25, 0.3) is 5.56 Å². The van der Waals surface area contributed by atoms with Crippen molar-refractivity contribution in [2.24, 2.45) is 12.0 Å². The van der Waals surface area contributed by atoms with Gasteiger partial charge >= 0.3 is 0 Å². The Labute approximate surface area is 177 Å². The van der Waals surface area contributed by atoms with E-state index in [1.165, 1.54) is 10.6 Å². The highest BCUT2D eigenvalue weighted by Crippen LogP contribution is 2.26. The van der Waals surface area contributed by atoms with E-state index in [-0.39, 0.29) is 5.56 Å². The lowest BCUT2D eigenvalue weighted by Crippen LogP contribution is -2.20. The molecule has 4 aromatic rings. The molecule has 0 N–H and O–H groups in total. The standard InChI is InChI=1S/C22H24N4OS2/c1-4-5-13-25-18(19-12-9-14-28-19)15-29-22(25)23-20-16(2)24(3)26(21(20)27)17-10-7-6-8-11-17/h6-12,14-15H,4-5,13H2,1-3H3. The van der Waals surface area contributed by atoms with Gasteiger partial charge in [-0.2, -0.15) is 0 Å². The molecule has 0 aliphatic rings. The maximum absolute atomic E-state index is 13.2. The van der Waals surface area contributed by atoms with E-state index in [1.807, 2.05) is 49.0 Å². The Balaban J connectivity index is 1.88. The van der Waals surface area contributed by atoms with Gasteiger partial charge in [-0.05, 0) is 36.9 Å². The number of thiophene rings is 1. The molecule has 29 heavy (non-hydrogen) atoms. The number of nitrogens with zero attached hydrogens (tertiary/aromatic N) is 4. The Morgan fingerprint density at radius 2 is 1.86 bits per heavy atom. The van der Waals surface area contributed by atoms with Crippen LogP contribution in [0.1, 0.15) is 25.5 Å². The summed E-state index contributed by atoms with van der Waals surface area (Å²) in [6.45, 7) is 5.03. The summed E-state index contributed by atoms with van der Waals surface area (Å²) in [6.07, 6.45) is 2.18. The van der Waals surface area contributed by atoms with Crippen LogP contribution in [0.15, 0.2) is 63.0 Å². The highest BCUT2D eigenvalue weighted by molar-refractivity contribution is 7.14. The van der Waals surface area contributed by atoms with Gasteiger partial charge in [0.1, 0.15) is 0 Å². The van der Waals surface area contributed by atoms with Crippen molar-refractivity contribution < 1.29 is 0 Å². The van der Waals surface area contributed by atoms with Gasteiger partial charge in [-0.25, -0.2) is 9.67 Å². The normalized spacial score (nSPS) is 12.0. The second kappa shape index (κ2) is 8.39. The lowest BCUT2D eigenvalue weighted by molar-refractivity contribution is 0.624. The molecule has 5 nitrogen and oxygen atoms in total. The van der Waals surface area contributed by atoms with Crippen molar-refractivity contribution in [2.45, 2.75) is 33.2 Å². The molecular weight excluding hydrogens is 400 g/mol. The lowest BCUT2D eigenvalue weighted by Gasteiger charge is -2.07. The molecule has 3 heterocycles. The Hall–Kier alpha value is -2.64. The van der Waals surface area contributed by atoms with Crippen molar-refractivity contribution in [1.82, 2.24) is 13.9 Å². The number of hydrogen-bond donors (Lipinski definition) is 0. The van der Waals surface area contributed by atoms with Gasteiger partial charge in [0, 0.05) is 19.0 Å². The van der Waals surface area contributed by atoms with Crippen LogP contribution >= 0.6 is 22.7 Å². The van der Waals surface area contributed by atoms with E-state index in [9.17, 15) is 4.79 Å². The molecule has 0 atom stereocenters. The smallest absolute Gasteiger partial charge is 0.297 e. The van der Waals surface area contributed by atoms with Crippen LogP contribution in [0, 0.1) is 6.92 Å². The van der Waals surface area contributed by atoms with Crippen LogP contribution in [0.25, 0.3) is 16.3 Å². The zero-order valence-corrected chi connectivity index (χ0v) is 18.5. The van der Waals surface area contributed by atoms with E-state index in [4.69, 9.17) is 4.99 Å². The van der Waals surface area contributed by atoms with Gasteiger partial charge in [-0.3, -0.25) is 9.48 Å². The predicted octanol–water partition coefficient (Wildman–Crippen LogP) is 5.11. The molecular formula is C22H24N4OS2. The molecule has 0 aliphatic carbocycles. The van der Waals surface area contributed by atoms with Crippen LogP contribution in [0.2, 0.25) is 0 Å². The average Bonchev–Trinajstić information content (AvgIpc) is 3.44. The number of hydrogen-bond acceptors (Lipinski definition) is 4. The van der Waals surface area contributed by atoms with Crippen LogP contribution in [-0.2, 0) is 13.6 Å². The first kappa shape index (κ1) is 19.7. The Morgan fingerprint density at radius 1 is 1.07 bits per heavy atom. The second-order valence-electron chi connectivity index (χ2n) is 6.91. The Bertz CT molecular complexity index is 1220. The van der Waals surface area contributed by atoms with E-state index >= 15 is 0 Å². The number of unbranched alkanes of at least 4 members (excludes halogenated alkanes) is 1. The topological polar surface area (TPSA) is 44.2 Å². The summed E-state index contributed by atoms with van der Waals surface area (Å²) in [6, 6.07) is 13.9. The van der Waals surface area contributed by atoms with Gasteiger partial charge in [-0.15, -0.1) is 22.7 Å². The summed E-state index contributed by atoms with van der Waals surface area (Å²) in [5.74, 6) is 0. The first-order valence-electron chi connectivity index (χ1n) is 9.72. The molecule has 0 spiro atoms. The summed E-state index contributed by atoms with van der Waals surface area (Å²) >= 11 is 3.32. The molecule has 0 unspecified atom stereocenters. The summed E-state index contributed by atoms with van der Waals surface area (Å²) in [7, 11) is 1.90. The highest BCUT2D eigenvalue weighted by Gasteiger charge is 2.16. The van der Waals surface area contributed by atoms with E-state index in [2.05, 4.69) is 34.4 Å². The third kappa shape index (κ3) is 3.68. The number of rotatable bonds is 6. The SMILES string of the molecule is CCCCn1c(-c2cccs2)csc1=Nc1c(C)n(C)n(-c2ccccc2)c1=O. The molecule has 3 aromatic heterocycles. The largest absolute Gasteiger partial charge is 0.316 e. The maximum Gasteiger partial charge on any atom is 0.297 e. The molecule has 0 amide bonds. The van der Waals surface area contributed by atoms with Crippen LogP contribution in [0.3, 0.4) is 0 Å². The second-order valence-corrected chi connectivity index (χ2v) is 8.69. The first-order chi connectivity index (χ1) is 14.1. The van der Waals surface area contributed by atoms with Gasteiger partial charge in [0.05, 0.1) is 22.0 Å². The van der Waals surface area contributed by atoms with E-state index in [0.717, 1.165) is 35.6 Å². The zero-order valence-electron chi connectivity index (χ0n) is 16.8. The molecule has 0 saturated carbocycles. The predicted molar refractivity (Wildman–Crippen MR) is 122 cm³/mol. The third-order valence-corrected chi connectivity index (χ3v) is 6.79. The molecule has 150 valence electrons. The van der Waals surface area contributed by atoms with Crippen molar-refractivity contribution in [3.05, 3.63) is 74.1 Å². The fourth-order valence-electron chi connectivity index (χ4n) is 3.35. The zero-order chi connectivity index (χ0) is 20.4. The minimum Gasteiger partial charge on any atom is -0.316 e. The quantitative estimate of drug-likeness (QED) is 0.424. The minimum absolute atomic E-state index is 0.0932. The molecule has 0 radical (unpaired) electrons.